The molecule has 1 heteroatoms. The van der Waals surface area contributed by atoms with Gasteiger partial charge in [-0.15, -0.1) is 11.3 Å². The summed E-state index contributed by atoms with van der Waals surface area (Å²) in [6, 6.07) is 25.7. The van der Waals surface area contributed by atoms with Crippen LogP contribution >= 0.6 is 11.3 Å². The molecule has 0 saturated carbocycles. The van der Waals surface area contributed by atoms with Crippen molar-refractivity contribution in [2.24, 2.45) is 0 Å². The van der Waals surface area contributed by atoms with Crippen LogP contribution < -0.4 is 0 Å². The zero-order valence-electron chi connectivity index (χ0n) is 11.3. The van der Waals surface area contributed by atoms with Crippen LogP contribution in [0.15, 0.2) is 66.7 Å². The van der Waals surface area contributed by atoms with Crippen molar-refractivity contribution in [2.45, 2.75) is 0 Å². The molecule has 4 rings (SSSR count). The molecule has 0 aliphatic heterocycles. The summed E-state index contributed by atoms with van der Waals surface area (Å²) in [7, 11) is 0. The maximum absolute atomic E-state index is 3.25. The van der Waals surface area contributed by atoms with E-state index in [1.807, 2.05) is 35.6 Å². The Balaban J connectivity index is 1.84. The van der Waals surface area contributed by atoms with Crippen LogP contribution in [0.4, 0.5) is 0 Å². The van der Waals surface area contributed by atoms with E-state index in [2.05, 4.69) is 60.4 Å². The molecule has 0 aliphatic rings. The van der Waals surface area contributed by atoms with Gasteiger partial charge in [-0.2, -0.15) is 0 Å². The van der Waals surface area contributed by atoms with Crippen LogP contribution in [0, 0.1) is 17.9 Å². The van der Waals surface area contributed by atoms with Gasteiger partial charge < -0.3 is 0 Å². The lowest BCUT2D eigenvalue weighted by atomic mass is 10.1. The van der Waals surface area contributed by atoms with Crippen molar-refractivity contribution in [3.05, 3.63) is 83.9 Å². The average Bonchev–Trinajstić information content (AvgIpc) is 2.92. The number of thiophene rings is 1. The van der Waals surface area contributed by atoms with Gasteiger partial charge in [0.15, 0.2) is 0 Å². The Labute approximate surface area is 127 Å². The zero-order chi connectivity index (χ0) is 14.1. The molecule has 0 atom stereocenters. The fraction of sp³-hybridized carbons (Fsp3) is 0. The van der Waals surface area contributed by atoms with E-state index in [-0.39, 0.29) is 0 Å². The third-order valence-electron chi connectivity index (χ3n) is 3.45. The first kappa shape index (κ1) is 12.2. The minimum Gasteiger partial charge on any atom is -0.135 e. The number of benzene rings is 3. The summed E-state index contributed by atoms with van der Waals surface area (Å²) in [5.74, 6) is 6.45. The Morgan fingerprint density at radius 1 is 0.714 bits per heavy atom. The minimum atomic E-state index is 1.02. The smallest absolute Gasteiger partial charge is 0.0356 e. The van der Waals surface area contributed by atoms with Gasteiger partial charge in [0.1, 0.15) is 0 Å². The van der Waals surface area contributed by atoms with Gasteiger partial charge >= 0.3 is 0 Å². The third kappa shape index (κ3) is 2.31. The summed E-state index contributed by atoms with van der Waals surface area (Å²) < 4.78 is 2.65. The van der Waals surface area contributed by atoms with Gasteiger partial charge in [0, 0.05) is 31.3 Å². The number of hydrogen-bond acceptors (Lipinski definition) is 1. The standard InChI is InChI=1S/C20H11S/c1-2-6-15(7-3-1)10-11-16-12-13-20-18(14-16)17-8-4-5-9-19(17)21-20/h2-9,12-14H. The first-order chi connectivity index (χ1) is 10.4. The van der Waals surface area contributed by atoms with Crippen LogP contribution in [0.1, 0.15) is 11.1 Å². The van der Waals surface area contributed by atoms with Crippen LogP contribution in [0.2, 0.25) is 0 Å². The van der Waals surface area contributed by atoms with E-state index in [1.165, 1.54) is 20.2 Å². The average molecular weight is 283 g/mol. The van der Waals surface area contributed by atoms with E-state index in [0.717, 1.165) is 11.1 Å². The summed E-state index contributed by atoms with van der Waals surface area (Å²) in [4.78, 5) is 0. The molecular formula is C20H11S. The van der Waals surface area contributed by atoms with E-state index in [4.69, 9.17) is 0 Å². The maximum atomic E-state index is 3.25. The molecule has 0 nitrogen and oxygen atoms in total. The highest BCUT2D eigenvalue weighted by Gasteiger charge is 2.04. The normalized spacial score (nSPS) is 10.5. The second kappa shape index (κ2) is 5.09. The second-order valence-corrected chi connectivity index (χ2v) is 5.93. The lowest BCUT2D eigenvalue weighted by Crippen LogP contribution is -1.75. The van der Waals surface area contributed by atoms with E-state index >= 15 is 0 Å². The molecule has 0 N–H and O–H groups in total. The molecule has 21 heavy (non-hydrogen) atoms. The number of rotatable bonds is 0. The van der Waals surface area contributed by atoms with Gasteiger partial charge in [0.05, 0.1) is 0 Å². The largest absolute Gasteiger partial charge is 0.135 e. The van der Waals surface area contributed by atoms with Gasteiger partial charge in [-0.1, -0.05) is 42.2 Å². The molecule has 1 radical (unpaired) electrons. The van der Waals surface area contributed by atoms with Crippen molar-refractivity contribution in [3.8, 4) is 11.8 Å². The minimum absolute atomic E-state index is 1.02. The molecule has 0 aliphatic carbocycles. The van der Waals surface area contributed by atoms with Gasteiger partial charge in [0.25, 0.3) is 0 Å². The van der Waals surface area contributed by atoms with Crippen molar-refractivity contribution in [1.82, 2.24) is 0 Å². The number of hydrogen-bond donors (Lipinski definition) is 0. The predicted molar refractivity (Wildman–Crippen MR) is 90.6 cm³/mol. The number of fused-ring (bicyclic) bond motifs is 3. The molecule has 0 fully saturated rings. The van der Waals surface area contributed by atoms with Crippen molar-refractivity contribution < 1.29 is 0 Å². The fourth-order valence-electron chi connectivity index (χ4n) is 2.42. The molecule has 97 valence electrons. The summed E-state index contributed by atoms with van der Waals surface area (Å²) in [5, 5.41) is 2.61. The van der Waals surface area contributed by atoms with Crippen molar-refractivity contribution in [2.75, 3.05) is 0 Å². The Morgan fingerprint density at radius 2 is 1.48 bits per heavy atom. The highest BCUT2D eigenvalue weighted by atomic mass is 32.1. The topological polar surface area (TPSA) is 0 Å². The second-order valence-electron chi connectivity index (χ2n) is 4.85. The Bertz CT molecular complexity index is 982. The van der Waals surface area contributed by atoms with E-state index < -0.39 is 0 Å². The van der Waals surface area contributed by atoms with Crippen molar-refractivity contribution in [1.29, 1.82) is 0 Å². The lowest BCUT2D eigenvalue weighted by Gasteiger charge is -1.93. The third-order valence-corrected chi connectivity index (χ3v) is 4.60. The SMILES string of the molecule is C(#Cc1ccc2sc3ccccc3c2c1)c1cc[c]cc1. The summed E-state index contributed by atoms with van der Waals surface area (Å²) in [6.45, 7) is 0. The maximum Gasteiger partial charge on any atom is 0.0356 e. The summed E-state index contributed by atoms with van der Waals surface area (Å²) >= 11 is 1.83. The molecule has 0 bridgehead atoms. The van der Waals surface area contributed by atoms with Gasteiger partial charge in [0.2, 0.25) is 0 Å². The van der Waals surface area contributed by atoms with E-state index in [1.54, 1.807) is 0 Å². The highest BCUT2D eigenvalue weighted by Crippen LogP contribution is 2.33. The lowest BCUT2D eigenvalue weighted by molar-refractivity contribution is 1.63. The molecule has 1 heterocycles. The van der Waals surface area contributed by atoms with Crippen LogP contribution in [0.25, 0.3) is 20.2 Å². The molecule has 0 unspecified atom stereocenters. The van der Waals surface area contributed by atoms with Gasteiger partial charge in [-0.25, -0.2) is 0 Å². The molecule has 3 aromatic carbocycles. The summed E-state index contributed by atoms with van der Waals surface area (Å²) in [5.41, 5.74) is 2.07. The van der Waals surface area contributed by atoms with E-state index in [0.29, 0.717) is 0 Å². The van der Waals surface area contributed by atoms with Gasteiger partial charge in [-0.05, 0) is 42.5 Å². The quantitative estimate of drug-likeness (QED) is 0.386. The van der Waals surface area contributed by atoms with E-state index in [9.17, 15) is 0 Å². The van der Waals surface area contributed by atoms with Crippen molar-refractivity contribution >= 4 is 31.5 Å². The highest BCUT2D eigenvalue weighted by molar-refractivity contribution is 7.25. The Hall–Kier alpha value is -2.56. The summed E-state index contributed by atoms with van der Waals surface area (Å²) in [6.07, 6.45) is 0. The molecular weight excluding hydrogens is 272 g/mol. The molecule has 0 saturated heterocycles. The fourth-order valence-corrected chi connectivity index (χ4v) is 3.50. The molecule has 0 spiro atoms. The van der Waals surface area contributed by atoms with Crippen molar-refractivity contribution in [3.63, 3.8) is 0 Å². The van der Waals surface area contributed by atoms with Crippen LogP contribution in [0.5, 0.6) is 0 Å². The monoisotopic (exact) mass is 283 g/mol. The van der Waals surface area contributed by atoms with Crippen LogP contribution in [-0.4, -0.2) is 0 Å². The Kier molecular flexibility index (Phi) is 2.96. The zero-order valence-corrected chi connectivity index (χ0v) is 12.1. The molecule has 4 aromatic rings. The molecule has 0 amide bonds. The van der Waals surface area contributed by atoms with Crippen LogP contribution in [0.3, 0.4) is 0 Å². The molecule has 1 aromatic heterocycles. The van der Waals surface area contributed by atoms with Crippen LogP contribution in [-0.2, 0) is 0 Å². The Morgan fingerprint density at radius 3 is 2.38 bits per heavy atom. The first-order valence-corrected chi connectivity index (χ1v) is 7.61. The predicted octanol–water partition coefficient (Wildman–Crippen LogP) is 5.25. The van der Waals surface area contributed by atoms with Gasteiger partial charge in [-0.3, -0.25) is 0 Å². The first-order valence-electron chi connectivity index (χ1n) is 6.79.